The Labute approximate surface area is 148 Å². The van der Waals surface area contributed by atoms with Crippen LogP contribution in [0.1, 0.15) is 33.1 Å². The Morgan fingerprint density at radius 2 is 1.96 bits per heavy atom. The van der Waals surface area contributed by atoms with Crippen molar-refractivity contribution >= 4 is 19.0 Å². The second kappa shape index (κ2) is 7.61. The zero-order chi connectivity index (χ0) is 18.9. The van der Waals surface area contributed by atoms with Crippen LogP contribution in [0.5, 0.6) is 0 Å². The number of hydrogen-bond donors (Lipinski definition) is 5. The van der Waals surface area contributed by atoms with Gasteiger partial charge in [0.05, 0.1) is 6.04 Å². The number of carbonyl (C=O) groups excluding carboxylic acids is 1. The second-order valence-corrected chi connectivity index (χ2v) is 8.00. The zero-order valence-corrected chi connectivity index (χ0v) is 15.0. The summed E-state index contributed by atoms with van der Waals surface area (Å²) in [4.78, 5) is 26.0. The Morgan fingerprint density at radius 3 is 2.48 bits per heavy atom. The van der Waals surface area contributed by atoms with Crippen molar-refractivity contribution in [3.8, 4) is 0 Å². The van der Waals surface area contributed by atoms with E-state index in [9.17, 15) is 14.7 Å². The Morgan fingerprint density at radius 1 is 1.32 bits per heavy atom. The lowest BCUT2D eigenvalue weighted by molar-refractivity contribution is -0.145. The van der Waals surface area contributed by atoms with E-state index in [-0.39, 0.29) is 35.9 Å². The number of carboxylic acids is 1. The van der Waals surface area contributed by atoms with Crippen molar-refractivity contribution in [1.82, 2.24) is 4.90 Å². The highest BCUT2D eigenvalue weighted by Gasteiger charge is 2.58. The number of carbonyl (C=O) groups is 2. The Balaban J connectivity index is 2.10. The minimum atomic E-state index is -1.40. The quantitative estimate of drug-likeness (QED) is 0.371. The SMILES string of the molecule is CC(C)[C@H](N)C(=O)N1C[C@@H]2C[C@@](N)(C(=O)O)[C@@H](CCCB(O)O)[C@@H]2C1. The van der Waals surface area contributed by atoms with E-state index in [1.165, 1.54) is 0 Å². The molecule has 1 aliphatic heterocycles. The molecule has 9 heteroatoms. The minimum Gasteiger partial charge on any atom is -0.480 e. The summed E-state index contributed by atoms with van der Waals surface area (Å²) in [5, 5.41) is 27.7. The van der Waals surface area contributed by atoms with Crippen LogP contribution < -0.4 is 11.5 Å². The molecule has 1 saturated heterocycles. The van der Waals surface area contributed by atoms with E-state index < -0.39 is 24.7 Å². The first-order valence-electron chi connectivity index (χ1n) is 9.00. The number of likely N-dealkylation sites (tertiary alicyclic amines) is 1. The molecule has 0 bridgehead atoms. The molecule has 1 amide bonds. The fourth-order valence-corrected chi connectivity index (χ4v) is 4.45. The van der Waals surface area contributed by atoms with Crippen LogP contribution in [0.15, 0.2) is 0 Å². The van der Waals surface area contributed by atoms with Crippen LogP contribution in [0, 0.1) is 23.7 Å². The largest absolute Gasteiger partial charge is 0.480 e. The van der Waals surface area contributed by atoms with Crippen molar-refractivity contribution in [2.45, 2.75) is 51.0 Å². The van der Waals surface area contributed by atoms with Crippen LogP contribution in [0.25, 0.3) is 0 Å². The molecule has 0 aromatic rings. The third-order valence-electron chi connectivity index (χ3n) is 5.96. The molecule has 0 radical (unpaired) electrons. The molecule has 1 saturated carbocycles. The number of carboxylic acid groups (broad SMARTS) is 1. The predicted octanol–water partition coefficient (Wildman–Crippen LogP) is -0.901. The van der Waals surface area contributed by atoms with Gasteiger partial charge in [-0.25, -0.2) is 0 Å². The highest BCUT2D eigenvalue weighted by molar-refractivity contribution is 6.40. The summed E-state index contributed by atoms with van der Waals surface area (Å²) in [5.74, 6) is -1.29. The predicted molar refractivity (Wildman–Crippen MR) is 93.3 cm³/mol. The molecule has 1 heterocycles. The first-order valence-corrected chi connectivity index (χ1v) is 9.00. The van der Waals surface area contributed by atoms with Crippen LogP contribution in [-0.2, 0) is 9.59 Å². The van der Waals surface area contributed by atoms with Crippen LogP contribution in [0.2, 0.25) is 6.32 Å². The molecule has 0 spiro atoms. The van der Waals surface area contributed by atoms with Gasteiger partial charge in [0.15, 0.2) is 0 Å². The summed E-state index contributed by atoms with van der Waals surface area (Å²) in [6.07, 6.45) is 1.50. The van der Waals surface area contributed by atoms with Gasteiger partial charge in [0.1, 0.15) is 5.54 Å². The number of rotatable bonds is 7. The standard InChI is InChI=1S/C16H30BN3O5/c1-9(2)13(18)14(21)20-7-10-6-16(19,15(22)23)12(11(10)8-20)4-3-5-17(24)25/h9-13,24-25H,3-8,18-19H2,1-2H3,(H,22,23)/t10-,11+,12-,13-,16-/m0/s1. The van der Waals surface area contributed by atoms with Crippen molar-refractivity contribution in [3.05, 3.63) is 0 Å². The summed E-state index contributed by atoms with van der Waals surface area (Å²) in [6.45, 7) is 4.77. The van der Waals surface area contributed by atoms with Crippen molar-refractivity contribution in [3.63, 3.8) is 0 Å². The topological polar surface area (TPSA) is 150 Å². The molecule has 0 unspecified atom stereocenters. The average molecular weight is 355 g/mol. The number of aliphatic carboxylic acids is 1. The number of fused-ring (bicyclic) bond motifs is 1. The van der Waals surface area contributed by atoms with E-state index in [4.69, 9.17) is 21.5 Å². The summed E-state index contributed by atoms with van der Waals surface area (Å²) < 4.78 is 0. The molecule has 142 valence electrons. The van der Waals surface area contributed by atoms with Gasteiger partial charge in [-0.2, -0.15) is 0 Å². The molecule has 0 aromatic carbocycles. The monoisotopic (exact) mass is 355 g/mol. The average Bonchev–Trinajstić information content (AvgIpc) is 3.02. The third kappa shape index (κ3) is 4.00. The van der Waals surface area contributed by atoms with Gasteiger partial charge in [0, 0.05) is 13.1 Å². The first kappa shape index (κ1) is 20.2. The van der Waals surface area contributed by atoms with E-state index in [2.05, 4.69) is 0 Å². The minimum absolute atomic E-state index is 0.0141. The second-order valence-electron chi connectivity index (χ2n) is 8.00. The molecule has 2 aliphatic rings. The summed E-state index contributed by atoms with van der Waals surface area (Å²) in [6, 6.07) is -0.552. The van der Waals surface area contributed by atoms with Gasteiger partial charge >= 0.3 is 13.1 Å². The lowest BCUT2D eigenvalue weighted by Gasteiger charge is -2.32. The Kier molecular flexibility index (Phi) is 6.14. The van der Waals surface area contributed by atoms with Gasteiger partial charge in [-0.3, -0.25) is 9.59 Å². The fraction of sp³-hybridized carbons (Fsp3) is 0.875. The van der Waals surface area contributed by atoms with Crippen molar-refractivity contribution in [2.75, 3.05) is 13.1 Å². The van der Waals surface area contributed by atoms with E-state index >= 15 is 0 Å². The van der Waals surface area contributed by atoms with Crippen LogP contribution in [-0.4, -0.2) is 63.7 Å². The van der Waals surface area contributed by atoms with Gasteiger partial charge in [0.25, 0.3) is 0 Å². The van der Waals surface area contributed by atoms with Gasteiger partial charge < -0.3 is 31.5 Å². The number of nitrogens with two attached hydrogens (primary N) is 2. The van der Waals surface area contributed by atoms with Gasteiger partial charge in [-0.15, -0.1) is 0 Å². The van der Waals surface area contributed by atoms with Crippen LogP contribution in [0.3, 0.4) is 0 Å². The van der Waals surface area contributed by atoms with E-state index in [1.54, 1.807) is 4.90 Å². The molecule has 5 atom stereocenters. The Hall–Kier alpha value is -1.16. The van der Waals surface area contributed by atoms with Gasteiger partial charge in [-0.1, -0.05) is 20.3 Å². The molecule has 25 heavy (non-hydrogen) atoms. The molecule has 2 fully saturated rings. The van der Waals surface area contributed by atoms with Gasteiger partial charge in [0.2, 0.25) is 5.91 Å². The molecular weight excluding hydrogens is 325 g/mol. The highest BCUT2D eigenvalue weighted by atomic mass is 16.4. The lowest BCUT2D eigenvalue weighted by Crippen LogP contribution is -2.54. The fourth-order valence-electron chi connectivity index (χ4n) is 4.45. The molecule has 2 rings (SSSR count). The van der Waals surface area contributed by atoms with Crippen LogP contribution >= 0.6 is 0 Å². The molecule has 8 nitrogen and oxygen atoms in total. The number of hydrogen-bond acceptors (Lipinski definition) is 6. The van der Waals surface area contributed by atoms with E-state index in [0.717, 1.165) is 0 Å². The molecule has 0 aromatic heterocycles. The maximum absolute atomic E-state index is 12.5. The molecule has 1 aliphatic carbocycles. The highest BCUT2D eigenvalue weighted by Crippen LogP contribution is 2.49. The summed E-state index contributed by atoms with van der Waals surface area (Å²) >= 11 is 0. The Bertz CT molecular complexity index is 518. The van der Waals surface area contributed by atoms with Crippen molar-refractivity contribution in [1.29, 1.82) is 0 Å². The normalized spacial score (nSPS) is 32.8. The smallest absolute Gasteiger partial charge is 0.451 e. The summed E-state index contributed by atoms with van der Waals surface area (Å²) in [5.41, 5.74) is 10.9. The zero-order valence-electron chi connectivity index (χ0n) is 15.0. The van der Waals surface area contributed by atoms with Gasteiger partial charge in [-0.05, 0) is 42.8 Å². The maximum Gasteiger partial charge on any atom is 0.451 e. The van der Waals surface area contributed by atoms with E-state index in [1.807, 2.05) is 13.8 Å². The number of amides is 1. The maximum atomic E-state index is 12.5. The van der Waals surface area contributed by atoms with Crippen molar-refractivity contribution in [2.24, 2.45) is 35.1 Å². The first-order chi connectivity index (χ1) is 11.6. The molecule has 7 N–H and O–H groups in total. The lowest BCUT2D eigenvalue weighted by atomic mass is 9.76. The van der Waals surface area contributed by atoms with E-state index in [0.29, 0.717) is 32.4 Å². The molecular formula is C16H30BN3O5. The van der Waals surface area contributed by atoms with Crippen molar-refractivity contribution < 1.29 is 24.7 Å². The summed E-state index contributed by atoms with van der Waals surface area (Å²) in [7, 11) is -1.40. The third-order valence-corrected chi connectivity index (χ3v) is 5.96. The van der Waals surface area contributed by atoms with Crippen LogP contribution in [0.4, 0.5) is 0 Å². The number of nitrogens with zero attached hydrogens (tertiary/aromatic N) is 1.